The van der Waals surface area contributed by atoms with Gasteiger partial charge in [0.05, 0.1) is 11.2 Å². The van der Waals surface area contributed by atoms with Crippen molar-refractivity contribution in [3.63, 3.8) is 0 Å². The van der Waals surface area contributed by atoms with Crippen LogP contribution in [0.25, 0.3) is 34.2 Å². The number of benzene rings is 4. The van der Waals surface area contributed by atoms with E-state index in [0.29, 0.717) is 17.5 Å². The first kappa shape index (κ1) is 28.0. The molecule has 2 heterocycles. The Morgan fingerprint density at radius 1 is 0.500 bits per heavy atom. The molecule has 4 aromatic carbocycles. The molecule has 42 heavy (non-hydrogen) atoms. The zero-order valence-corrected chi connectivity index (χ0v) is 25.1. The molecule has 0 aliphatic carbocycles. The van der Waals surface area contributed by atoms with Gasteiger partial charge in [0, 0.05) is 22.1 Å². The van der Waals surface area contributed by atoms with Crippen molar-refractivity contribution in [3.05, 3.63) is 120 Å². The van der Waals surface area contributed by atoms with Gasteiger partial charge in [-0.25, -0.2) is 15.0 Å². The third kappa shape index (κ3) is 5.28. The van der Waals surface area contributed by atoms with Crippen molar-refractivity contribution in [2.75, 3.05) is 0 Å². The summed E-state index contributed by atoms with van der Waals surface area (Å²) < 4.78 is 12.5. The highest BCUT2D eigenvalue weighted by Crippen LogP contribution is 2.37. The van der Waals surface area contributed by atoms with Crippen LogP contribution < -0.4 is 5.46 Å². The third-order valence-corrected chi connectivity index (χ3v) is 8.72. The molecule has 0 radical (unpaired) electrons. The summed E-state index contributed by atoms with van der Waals surface area (Å²) in [5.41, 5.74) is 5.38. The molecule has 5 nitrogen and oxygen atoms in total. The number of nitrogens with zero attached hydrogens (tertiary/aromatic N) is 3. The lowest BCUT2D eigenvalue weighted by Crippen LogP contribution is -2.41. The summed E-state index contributed by atoms with van der Waals surface area (Å²) >= 11 is 0. The van der Waals surface area contributed by atoms with Gasteiger partial charge in [-0.05, 0) is 44.3 Å². The van der Waals surface area contributed by atoms with Gasteiger partial charge < -0.3 is 9.31 Å². The van der Waals surface area contributed by atoms with Crippen molar-refractivity contribution < 1.29 is 9.31 Å². The van der Waals surface area contributed by atoms with Crippen LogP contribution in [0.4, 0.5) is 0 Å². The quantitative estimate of drug-likeness (QED) is 0.204. The van der Waals surface area contributed by atoms with Gasteiger partial charge in [-0.1, -0.05) is 123 Å². The lowest BCUT2D eigenvalue weighted by atomic mass is 9.74. The average Bonchev–Trinajstić information content (AvgIpc) is 3.24. The van der Waals surface area contributed by atoms with Crippen LogP contribution in [-0.2, 0) is 14.7 Å². The molecule has 6 rings (SSSR count). The minimum absolute atomic E-state index is 0.212. The van der Waals surface area contributed by atoms with Crippen molar-refractivity contribution in [2.24, 2.45) is 0 Å². The summed E-state index contributed by atoms with van der Waals surface area (Å²) in [6, 6.07) is 37.2. The molecule has 1 aliphatic rings. The zero-order valence-electron chi connectivity index (χ0n) is 25.1. The Morgan fingerprint density at radius 2 is 0.857 bits per heavy atom. The Balaban J connectivity index is 1.29. The number of aromatic nitrogens is 3. The first-order valence-corrected chi connectivity index (χ1v) is 14.5. The van der Waals surface area contributed by atoms with Crippen molar-refractivity contribution in [3.8, 4) is 34.2 Å². The molecule has 0 unspecified atom stereocenters. The predicted octanol–water partition coefficient (Wildman–Crippen LogP) is 7.50. The highest BCUT2D eigenvalue weighted by Gasteiger charge is 2.51. The summed E-state index contributed by atoms with van der Waals surface area (Å²) in [5.74, 6) is 1.97. The van der Waals surface area contributed by atoms with E-state index in [1.165, 1.54) is 11.1 Å². The summed E-state index contributed by atoms with van der Waals surface area (Å²) in [4.78, 5) is 14.5. The molecule has 0 bridgehead atoms. The van der Waals surface area contributed by atoms with Crippen LogP contribution in [0.3, 0.4) is 0 Å². The van der Waals surface area contributed by atoms with Crippen LogP contribution >= 0.6 is 0 Å². The average molecular weight is 554 g/mol. The van der Waals surface area contributed by atoms with Gasteiger partial charge >= 0.3 is 7.12 Å². The molecule has 1 aliphatic heterocycles. The van der Waals surface area contributed by atoms with Crippen LogP contribution in [0.15, 0.2) is 109 Å². The maximum atomic E-state index is 6.25. The van der Waals surface area contributed by atoms with Crippen LogP contribution in [0.5, 0.6) is 0 Å². The first-order valence-electron chi connectivity index (χ1n) is 14.5. The Bertz CT molecular complexity index is 1610. The van der Waals surface area contributed by atoms with Gasteiger partial charge in [0.2, 0.25) is 0 Å². The molecule has 0 atom stereocenters. The van der Waals surface area contributed by atoms with E-state index in [4.69, 9.17) is 24.3 Å². The topological polar surface area (TPSA) is 57.1 Å². The highest BCUT2D eigenvalue weighted by atomic mass is 16.7. The molecule has 0 saturated carbocycles. The normalized spacial score (nSPS) is 16.0. The molecular weight excluding hydrogens is 517 g/mol. The van der Waals surface area contributed by atoms with Gasteiger partial charge in [0.25, 0.3) is 0 Å². The Morgan fingerprint density at radius 3 is 1.26 bits per heavy atom. The van der Waals surface area contributed by atoms with Gasteiger partial charge in [0.1, 0.15) is 0 Å². The fraction of sp³-hybridized carbons (Fsp3) is 0.250. The maximum Gasteiger partial charge on any atom is 0.494 e. The first-order chi connectivity index (χ1) is 20.0. The molecule has 5 aromatic rings. The van der Waals surface area contributed by atoms with Crippen molar-refractivity contribution in [1.29, 1.82) is 0 Å². The number of rotatable bonds is 6. The molecule has 1 saturated heterocycles. The molecular formula is C36H36BN3O2. The molecule has 0 spiro atoms. The molecule has 0 amide bonds. The minimum atomic E-state index is -0.367. The molecule has 210 valence electrons. The summed E-state index contributed by atoms with van der Waals surface area (Å²) in [5, 5.41) is 0. The summed E-state index contributed by atoms with van der Waals surface area (Å²) in [6.07, 6.45) is 0. The van der Waals surface area contributed by atoms with Crippen molar-refractivity contribution in [2.45, 2.75) is 58.2 Å². The fourth-order valence-electron chi connectivity index (χ4n) is 5.18. The largest absolute Gasteiger partial charge is 0.494 e. The van der Waals surface area contributed by atoms with E-state index < -0.39 is 0 Å². The van der Waals surface area contributed by atoms with Crippen LogP contribution in [0.2, 0.25) is 0 Å². The molecule has 1 aromatic heterocycles. The van der Waals surface area contributed by atoms with E-state index in [1.807, 2.05) is 60.7 Å². The lowest BCUT2D eigenvalue weighted by Gasteiger charge is -2.32. The molecule has 0 N–H and O–H groups in total. The van der Waals surface area contributed by atoms with E-state index in [0.717, 1.165) is 22.2 Å². The molecule has 1 fully saturated rings. The Labute approximate surface area is 249 Å². The van der Waals surface area contributed by atoms with E-state index in [2.05, 4.69) is 90.1 Å². The van der Waals surface area contributed by atoms with E-state index in [-0.39, 0.29) is 23.7 Å². The van der Waals surface area contributed by atoms with Crippen LogP contribution in [0.1, 0.15) is 52.7 Å². The van der Waals surface area contributed by atoms with E-state index in [1.54, 1.807) is 0 Å². The lowest BCUT2D eigenvalue weighted by molar-refractivity contribution is 0.00578. The standard InChI is InChI=1S/C36H36BN3O2/c1-34(2,29-21-23-30(24-22-29)37-41-35(3,4)36(5,6)42-37)28-19-17-27(18-20-28)33-39-31(25-13-9-7-10-14-25)38-32(40-33)26-15-11-8-12-16-26/h7-24H,1-6H3. The van der Waals surface area contributed by atoms with Crippen molar-refractivity contribution in [1.82, 2.24) is 15.0 Å². The Hall–Kier alpha value is -4.13. The molecule has 6 heteroatoms. The summed E-state index contributed by atoms with van der Waals surface area (Å²) in [7, 11) is -0.367. The minimum Gasteiger partial charge on any atom is -0.399 e. The second kappa shape index (κ2) is 10.6. The summed E-state index contributed by atoms with van der Waals surface area (Å²) in [6.45, 7) is 12.8. The monoisotopic (exact) mass is 553 g/mol. The van der Waals surface area contributed by atoms with E-state index in [9.17, 15) is 0 Å². The number of hydrogen-bond acceptors (Lipinski definition) is 5. The predicted molar refractivity (Wildman–Crippen MR) is 170 cm³/mol. The van der Waals surface area contributed by atoms with Crippen molar-refractivity contribution >= 4 is 12.6 Å². The highest BCUT2D eigenvalue weighted by molar-refractivity contribution is 6.62. The number of hydrogen-bond donors (Lipinski definition) is 0. The van der Waals surface area contributed by atoms with Crippen LogP contribution in [-0.4, -0.2) is 33.3 Å². The second-order valence-corrected chi connectivity index (χ2v) is 12.5. The SMILES string of the molecule is CC(C)(c1ccc(B2OC(C)(C)C(C)(C)O2)cc1)c1ccc(-c2nc(-c3ccccc3)nc(-c3ccccc3)n2)cc1. The Kier molecular flexibility index (Phi) is 7.08. The van der Waals surface area contributed by atoms with Crippen LogP contribution in [0, 0.1) is 0 Å². The smallest absolute Gasteiger partial charge is 0.399 e. The maximum absolute atomic E-state index is 6.25. The van der Waals surface area contributed by atoms with Gasteiger partial charge in [-0.15, -0.1) is 0 Å². The van der Waals surface area contributed by atoms with Gasteiger partial charge in [-0.2, -0.15) is 0 Å². The second-order valence-electron chi connectivity index (χ2n) is 12.5. The van der Waals surface area contributed by atoms with E-state index >= 15 is 0 Å². The fourth-order valence-corrected chi connectivity index (χ4v) is 5.18. The van der Waals surface area contributed by atoms with Gasteiger partial charge in [-0.3, -0.25) is 0 Å². The third-order valence-electron chi connectivity index (χ3n) is 8.72. The zero-order chi connectivity index (χ0) is 29.5. The van der Waals surface area contributed by atoms with Gasteiger partial charge in [0.15, 0.2) is 17.5 Å².